The van der Waals surface area contributed by atoms with Crippen molar-refractivity contribution in [1.82, 2.24) is 9.55 Å². The van der Waals surface area contributed by atoms with Crippen LogP contribution in [0.25, 0.3) is 10.2 Å². The van der Waals surface area contributed by atoms with Crippen LogP contribution in [0.1, 0.15) is 11.1 Å². The van der Waals surface area contributed by atoms with Crippen LogP contribution in [0.2, 0.25) is 0 Å². The number of carbonyl (C=O) groups excluding carboxylic acids is 1. The molecule has 0 fully saturated rings. The Labute approximate surface area is 143 Å². The van der Waals surface area contributed by atoms with Crippen LogP contribution >= 0.6 is 11.3 Å². The second-order valence-corrected chi connectivity index (χ2v) is 6.37. The van der Waals surface area contributed by atoms with E-state index < -0.39 is 29.8 Å². The smallest absolute Gasteiger partial charge is 0.306 e. The van der Waals surface area contributed by atoms with Crippen molar-refractivity contribution >= 4 is 32.6 Å². The van der Waals surface area contributed by atoms with E-state index in [0.29, 0.717) is 11.2 Å². The number of aromatic nitrogens is 2. The lowest BCUT2D eigenvalue weighted by atomic mass is 10.2. The molecular weight excluding hydrogens is 355 g/mol. The standard InChI is InChI=1S/C16H12F3N3O2S/c1-9-4-2-6-11-13(9)21-15(25-11)20-12(23)8-22-7-3-5-10(14(22)24)16(17,18)19/h2-7H,8H2,1H3,(H,20,21,23). The molecule has 0 aliphatic heterocycles. The highest BCUT2D eigenvalue weighted by atomic mass is 32.1. The van der Waals surface area contributed by atoms with Crippen LogP contribution in [0.3, 0.4) is 0 Å². The summed E-state index contributed by atoms with van der Waals surface area (Å²) in [5, 5.41) is 2.85. The van der Waals surface area contributed by atoms with Crippen molar-refractivity contribution < 1.29 is 18.0 Å². The van der Waals surface area contributed by atoms with Crippen molar-refractivity contribution in [2.24, 2.45) is 0 Å². The van der Waals surface area contributed by atoms with E-state index in [1.807, 2.05) is 25.1 Å². The van der Waals surface area contributed by atoms with Crippen LogP contribution in [0.15, 0.2) is 41.3 Å². The zero-order valence-corrected chi connectivity index (χ0v) is 13.7. The first-order chi connectivity index (χ1) is 11.8. The van der Waals surface area contributed by atoms with Gasteiger partial charge in [-0.25, -0.2) is 4.98 Å². The SMILES string of the molecule is Cc1cccc2sc(NC(=O)Cn3cccc(C(F)(F)F)c3=O)nc12. The van der Waals surface area contributed by atoms with Gasteiger partial charge in [0.25, 0.3) is 5.56 Å². The zero-order chi connectivity index (χ0) is 18.2. The molecule has 130 valence electrons. The highest BCUT2D eigenvalue weighted by molar-refractivity contribution is 7.22. The quantitative estimate of drug-likeness (QED) is 0.771. The summed E-state index contributed by atoms with van der Waals surface area (Å²) < 4.78 is 39.8. The molecule has 0 saturated heterocycles. The normalized spacial score (nSPS) is 11.7. The van der Waals surface area contributed by atoms with Crippen molar-refractivity contribution in [3.05, 3.63) is 58.0 Å². The molecular formula is C16H12F3N3O2S. The number of carbonyl (C=O) groups is 1. The number of pyridine rings is 1. The number of para-hydroxylation sites is 1. The van der Waals surface area contributed by atoms with Crippen LogP contribution in [-0.4, -0.2) is 15.5 Å². The molecule has 25 heavy (non-hydrogen) atoms. The first kappa shape index (κ1) is 17.2. The van der Waals surface area contributed by atoms with Gasteiger partial charge < -0.3 is 9.88 Å². The number of amides is 1. The maximum Gasteiger partial charge on any atom is 0.421 e. The van der Waals surface area contributed by atoms with E-state index in [1.165, 1.54) is 11.3 Å². The number of fused-ring (bicyclic) bond motifs is 1. The van der Waals surface area contributed by atoms with E-state index in [0.717, 1.165) is 32.6 Å². The Morgan fingerprint density at radius 3 is 2.72 bits per heavy atom. The Hall–Kier alpha value is -2.68. The Morgan fingerprint density at radius 2 is 2.04 bits per heavy atom. The fraction of sp³-hybridized carbons (Fsp3) is 0.188. The predicted octanol–water partition coefficient (Wildman–Crippen LogP) is 3.42. The second-order valence-electron chi connectivity index (χ2n) is 5.34. The summed E-state index contributed by atoms with van der Waals surface area (Å²) in [5.41, 5.74) is -0.869. The van der Waals surface area contributed by atoms with Crippen molar-refractivity contribution in [1.29, 1.82) is 0 Å². The molecule has 3 rings (SSSR count). The number of halogens is 3. The van der Waals surface area contributed by atoms with Gasteiger partial charge >= 0.3 is 6.18 Å². The van der Waals surface area contributed by atoms with Gasteiger partial charge in [0.2, 0.25) is 5.91 Å². The minimum absolute atomic E-state index is 0.328. The van der Waals surface area contributed by atoms with Gasteiger partial charge in [-0.3, -0.25) is 9.59 Å². The van der Waals surface area contributed by atoms with Crippen molar-refractivity contribution in [3.63, 3.8) is 0 Å². The van der Waals surface area contributed by atoms with E-state index in [1.54, 1.807) is 0 Å². The summed E-state index contributed by atoms with van der Waals surface area (Å²) in [6, 6.07) is 7.37. The molecule has 5 nitrogen and oxygen atoms in total. The number of alkyl halides is 3. The Balaban J connectivity index is 1.81. The number of rotatable bonds is 3. The fourth-order valence-corrected chi connectivity index (χ4v) is 3.29. The minimum atomic E-state index is -4.76. The molecule has 0 bridgehead atoms. The van der Waals surface area contributed by atoms with E-state index >= 15 is 0 Å². The van der Waals surface area contributed by atoms with E-state index in [4.69, 9.17) is 0 Å². The van der Waals surface area contributed by atoms with Gasteiger partial charge in [-0.1, -0.05) is 23.5 Å². The van der Waals surface area contributed by atoms with Crippen molar-refractivity contribution in [2.45, 2.75) is 19.6 Å². The molecule has 1 amide bonds. The number of benzene rings is 1. The van der Waals surface area contributed by atoms with Crippen molar-refractivity contribution in [3.8, 4) is 0 Å². The monoisotopic (exact) mass is 367 g/mol. The number of aryl methyl sites for hydroxylation is 1. The first-order valence-electron chi connectivity index (χ1n) is 7.18. The van der Waals surface area contributed by atoms with E-state index in [-0.39, 0.29) is 0 Å². The maximum absolute atomic E-state index is 12.7. The molecule has 2 heterocycles. The number of hydrogen-bond acceptors (Lipinski definition) is 4. The Kier molecular flexibility index (Phi) is 4.34. The van der Waals surface area contributed by atoms with Gasteiger partial charge in [0, 0.05) is 6.20 Å². The maximum atomic E-state index is 12.7. The van der Waals surface area contributed by atoms with E-state index in [2.05, 4.69) is 10.3 Å². The van der Waals surface area contributed by atoms with Gasteiger partial charge in [-0.05, 0) is 30.7 Å². The summed E-state index contributed by atoms with van der Waals surface area (Å²) in [4.78, 5) is 28.2. The van der Waals surface area contributed by atoms with Crippen LogP contribution in [0, 0.1) is 6.92 Å². The lowest BCUT2D eigenvalue weighted by molar-refractivity contribution is -0.139. The third kappa shape index (κ3) is 3.55. The molecule has 2 aromatic heterocycles. The molecule has 0 aliphatic carbocycles. The lowest BCUT2D eigenvalue weighted by Gasteiger charge is -2.09. The molecule has 1 aromatic carbocycles. The van der Waals surface area contributed by atoms with Crippen molar-refractivity contribution in [2.75, 3.05) is 5.32 Å². The molecule has 0 unspecified atom stereocenters. The van der Waals surface area contributed by atoms with E-state index in [9.17, 15) is 22.8 Å². The molecule has 3 aromatic rings. The average Bonchev–Trinajstić information content (AvgIpc) is 2.92. The molecule has 0 radical (unpaired) electrons. The molecule has 0 aliphatic rings. The fourth-order valence-electron chi connectivity index (χ4n) is 2.33. The van der Waals surface area contributed by atoms with Gasteiger partial charge in [-0.2, -0.15) is 13.2 Å². The average molecular weight is 367 g/mol. The first-order valence-corrected chi connectivity index (χ1v) is 8.00. The number of hydrogen-bond donors (Lipinski definition) is 1. The summed E-state index contributed by atoms with van der Waals surface area (Å²) in [6.07, 6.45) is -3.62. The van der Waals surface area contributed by atoms with Crippen LogP contribution in [0.4, 0.5) is 18.3 Å². The van der Waals surface area contributed by atoms with Crippen LogP contribution < -0.4 is 10.9 Å². The molecule has 0 saturated carbocycles. The third-order valence-electron chi connectivity index (χ3n) is 3.51. The number of anilines is 1. The topological polar surface area (TPSA) is 64.0 Å². The largest absolute Gasteiger partial charge is 0.421 e. The van der Waals surface area contributed by atoms with Gasteiger partial charge in [0.15, 0.2) is 5.13 Å². The molecule has 9 heteroatoms. The minimum Gasteiger partial charge on any atom is -0.306 e. The van der Waals surface area contributed by atoms with Gasteiger partial charge in [0.05, 0.1) is 10.2 Å². The Morgan fingerprint density at radius 1 is 1.28 bits per heavy atom. The summed E-state index contributed by atoms with van der Waals surface area (Å²) in [6.45, 7) is 1.35. The number of thiazole rings is 1. The summed E-state index contributed by atoms with van der Waals surface area (Å²) in [5.74, 6) is -0.627. The Bertz CT molecular complexity index is 1010. The van der Waals surface area contributed by atoms with Crippen LogP contribution in [-0.2, 0) is 17.5 Å². The van der Waals surface area contributed by atoms with Gasteiger partial charge in [-0.15, -0.1) is 0 Å². The molecule has 0 atom stereocenters. The van der Waals surface area contributed by atoms with Crippen LogP contribution in [0.5, 0.6) is 0 Å². The highest BCUT2D eigenvalue weighted by Crippen LogP contribution is 2.28. The zero-order valence-electron chi connectivity index (χ0n) is 12.9. The second kappa shape index (κ2) is 6.32. The number of nitrogens with one attached hydrogen (secondary N) is 1. The lowest BCUT2D eigenvalue weighted by Crippen LogP contribution is -2.31. The summed E-state index contributed by atoms with van der Waals surface area (Å²) >= 11 is 1.25. The molecule has 0 spiro atoms. The number of nitrogens with zero attached hydrogens (tertiary/aromatic N) is 2. The summed E-state index contributed by atoms with van der Waals surface area (Å²) in [7, 11) is 0. The molecule has 1 N–H and O–H groups in total. The predicted molar refractivity (Wildman–Crippen MR) is 88.7 cm³/mol. The highest BCUT2D eigenvalue weighted by Gasteiger charge is 2.34. The third-order valence-corrected chi connectivity index (χ3v) is 4.44. The van der Waals surface area contributed by atoms with Gasteiger partial charge in [0.1, 0.15) is 12.1 Å².